The van der Waals surface area contributed by atoms with Crippen molar-refractivity contribution in [3.8, 4) is 5.75 Å². The van der Waals surface area contributed by atoms with E-state index in [-0.39, 0.29) is 5.91 Å². The predicted octanol–water partition coefficient (Wildman–Crippen LogP) is 1.79. The smallest absolute Gasteiger partial charge is 0.269 e. The second kappa shape index (κ2) is 8.55. The molecular weight excluding hydrogens is 296 g/mol. The van der Waals surface area contributed by atoms with Gasteiger partial charge in [-0.1, -0.05) is 18.2 Å². The fourth-order valence-electron chi connectivity index (χ4n) is 1.79. The van der Waals surface area contributed by atoms with E-state index in [2.05, 4.69) is 10.9 Å². The lowest BCUT2D eigenvalue weighted by Gasteiger charge is -2.09. The maximum absolute atomic E-state index is 12.0. The molecule has 0 aliphatic heterocycles. The van der Waals surface area contributed by atoms with Gasteiger partial charge in [-0.3, -0.25) is 20.4 Å². The molecule has 23 heavy (non-hydrogen) atoms. The third-order valence-corrected chi connectivity index (χ3v) is 3.00. The van der Waals surface area contributed by atoms with Crippen LogP contribution >= 0.6 is 0 Å². The van der Waals surface area contributed by atoms with Crippen LogP contribution in [-0.2, 0) is 4.74 Å². The molecule has 0 saturated carbocycles. The van der Waals surface area contributed by atoms with E-state index < -0.39 is 5.91 Å². The minimum absolute atomic E-state index is 0.376. The minimum atomic E-state index is -0.405. The molecule has 0 atom stereocenters. The Balaban J connectivity index is 1.84. The van der Waals surface area contributed by atoms with E-state index >= 15 is 0 Å². The van der Waals surface area contributed by atoms with Gasteiger partial charge in [-0.05, 0) is 36.4 Å². The summed E-state index contributed by atoms with van der Waals surface area (Å²) < 4.78 is 10.3. The lowest BCUT2D eigenvalue weighted by Crippen LogP contribution is -2.41. The number of carbonyl (C=O) groups is 2. The van der Waals surface area contributed by atoms with Gasteiger partial charge in [-0.15, -0.1) is 0 Å². The van der Waals surface area contributed by atoms with Gasteiger partial charge >= 0.3 is 0 Å². The molecule has 120 valence electrons. The zero-order chi connectivity index (χ0) is 16.5. The van der Waals surface area contributed by atoms with Gasteiger partial charge in [0.1, 0.15) is 12.4 Å². The van der Waals surface area contributed by atoms with Gasteiger partial charge in [0.25, 0.3) is 11.8 Å². The Bertz CT molecular complexity index is 641. The molecule has 0 saturated heterocycles. The molecule has 0 unspecified atom stereocenters. The molecule has 0 fully saturated rings. The quantitative estimate of drug-likeness (QED) is 0.629. The zero-order valence-electron chi connectivity index (χ0n) is 12.7. The number of ether oxygens (including phenoxy) is 2. The standard InChI is InChI=1S/C17H18N2O4/c1-22-11-12-23-15-9-7-14(8-10-15)17(21)19-18-16(20)13-5-3-2-4-6-13/h2-10H,11-12H2,1H3,(H,18,20)(H,19,21). The first-order valence-corrected chi connectivity index (χ1v) is 7.08. The van der Waals surface area contributed by atoms with Crippen molar-refractivity contribution in [2.24, 2.45) is 0 Å². The Morgan fingerprint density at radius 2 is 1.39 bits per heavy atom. The average Bonchev–Trinajstić information content (AvgIpc) is 2.61. The third kappa shape index (κ3) is 5.12. The van der Waals surface area contributed by atoms with Crippen LogP contribution in [0.3, 0.4) is 0 Å². The van der Waals surface area contributed by atoms with Crippen LogP contribution in [0.5, 0.6) is 5.75 Å². The van der Waals surface area contributed by atoms with Crippen molar-refractivity contribution in [1.82, 2.24) is 10.9 Å². The lowest BCUT2D eigenvalue weighted by atomic mass is 10.2. The molecular formula is C17H18N2O4. The summed E-state index contributed by atoms with van der Waals surface area (Å²) in [5, 5.41) is 0. The number of carbonyl (C=O) groups excluding carboxylic acids is 2. The molecule has 2 aromatic carbocycles. The van der Waals surface area contributed by atoms with Crippen LogP contribution in [0.25, 0.3) is 0 Å². The monoisotopic (exact) mass is 314 g/mol. The highest BCUT2D eigenvalue weighted by atomic mass is 16.5. The Morgan fingerprint density at radius 1 is 0.826 bits per heavy atom. The van der Waals surface area contributed by atoms with Crippen LogP contribution in [0.15, 0.2) is 54.6 Å². The lowest BCUT2D eigenvalue weighted by molar-refractivity contribution is 0.0846. The largest absolute Gasteiger partial charge is 0.491 e. The van der Waals surface area contributed by atoms with Crippen molar-refractivity contribution in [2.45, 2.75) is 0 Å². The van der Waals surface area contributed by atoms with Crippen LogP contribution < -0.4 is 15.6 Å². The molecule has 0 aromatic heterocycles. The van der Waals surface area contributed by atoms with Crippen molar-refractivity contribution >= 4 is 11.8 Å². The molecule has 0 aliphatic carbocycles. The summed E-state index contributed by atoms with van der Waals surface area (Å²) in [6.45, 7) is 0.933. The van der Waals surface area contributed by atoms with Crippen LogP contribution in [0.1, 0.15) is 20.7 Å². The van der Waals surface area contributed by atoms with E-state index in [0.29, 0.717) is 30.1 Å². The highest BCUT2D eigenvalue weighted by Gasteiger charge is 2.08. The van der Waals surface area contributed by atoms with Gasteiger partial charge in [0, 0.05) is 18.2 Å². The molecule has 6 nitrogen and oxygen atoms in total. The van der Waals surface area contributed by atoms with Crippen LogP contribution in [-0.4, -0.2) is 32.1 Å². The summed E-state index contributed by atoms with van der Waals surface area (Å²) >= 11 is 0. The molecule has 2 aromatic rings. The first kappa shape index (κ1) is 16.5. The van der Waals surface area contributed by atoms with Gasteiger partial charge in [0.05, 0.1) is 6.61 Å². The number of nitrogens with one attached hydrogen (secondary N) is 2. The fraction of sp³-hybridized carbons (Fsp3) is 0.176. The summed E-state index contributed by atoms with van der Waals surface area (Å²) in [4.78, 5) is 23.8. The number of hydrogen-bond acceptors (Lipinski definition) is 4. The molecule has 0 aliphatic rings. The van der Waals surface area contributed by atoms with Crippen molar-refractivity contribution in [2.75, 3.05) is 20.3 Å². The van der Waals surface area contributed by atoms with Crippen molar-refractivity contribution in [3.63, 3.8) is 0 Å². The molecule has 2 rings (SSSR count). The maximum Gasteiger partial charge on any atom is 0.269 e. The molecule has 0 heterocycles. The van der Waals surface area contributed by atoms with Gasteiger partial charge < -0.3 is 9.47 Å². The number of rotatable bonds is 6. The van der Waals surface area contributed by atoms with E-state index in [9.17, 15) is 9.59 Å². The number of benzene rings is 2. The Labute approximate surface area is 134 Å². The molecule has 2 amide bonds. The van der Waals surface area contributed by atoms with Gasteiger partial charge in [-0.2, -0.15) is 0 Å². The second-order valence-electron chi connectivity index (χ2n) is 4.64. The third-order valence-electron chi connectivity index (χ3n) is 3.00. The summed E-state index contributed by atoms with van der Waals surface area (Å²) in [7, 11) is 1.60. The topological polar surface area (TPSA) is 76.7 Å². The van der Waals surface area contributed by atoms with Crippen LogP contribution in [0, 0.1) is 0 Å². The van der Waals surface area contributed by atoms with Gasteiger partial charge in [-0.25, -0.2) is 0 Å². The SMILES string of the molecule is COCCOc1ccc(C(=O)NNC(=O)c2ccccc2)cc1. The summed E-state index contributed by atoms with van der Waals surface area (Å²) in [6, 6.07) is 15.2. The number of hydrogen-bond donors (Lipinski definition) is 2. The summed E-state index contributed by atoms with van der Waals surface area (Å²) in [5.74, 6) is -0.136. The number of methoxy groups -OCH3 is 1. The van der Waals surface area contributed by atoms with Crippen molar-refractivity contribution < 1.29 is 19.1 Å². The first-order valence-electron chi connectivity index (χ1n) is 7.08. The van der Waals surface area contributed by atoms with Crippen molar-refractivity contribution in [3.05, 3.63) is 65.7 Å². The predicted molar refractivity (Wildman–Crippen MR) is 85.2 cm³/mol. The van der Waals surface area contributed by atoms with E-state index in [4.69, 9.17) is 9.47 Å². The van der Waals surface area contributed by atoms with Crippen molar-refractivity contribution in [1.29, 1.82) is 0 Å². The normalized spacial score (nSPS) is 9.96. The van der Waals surface area contributed by atoms with E-state index in [1.165, 1.54) is 0 Å². The van der Waals surface area contributed by atoms with E-state index in [0.717, 1.165) is 0 Å². The van der Waals surface area contributed by atoms with Crippen LogP contribution in [0.4, 0.5) is 0 Å². The first-order chi connectivity index (χ1) is 11.2. The van der Waals surface area contributed by atoms with Gasteiger partial charge in [0.15, 0.2) is 0 Å². The number of amides is 2. The van der Waals surface area contributed by atoms with Crippen LogP contribution in [0.2, 0.25) is 0 Å². The Kier molecular flexibility index (Phi) is 6.14. The molecule has 0 radical (unpaired) electrons. The maximum atomic E-state index is 12.0. The highest BCUT2D eigenvalue weighted by molar-refractivity contribution is 5.99. The fourth-order valence-corrected chi connectivity index (χ4v) is 1.79. The van der Waals surface area contributed by atoms with Gasteiger partial charge in [0.2, 0.25) is 0 Å². The molecule has 2 N–H and O–H groups in total. The minimum Gasteiger partial charge on any atom is -0.491 e. The highest BCUT2D eigenvalue weighted by Crippen LogP contribution is 2.11. The summed E-state index contributed by atoms with van der Waals surface area (Å²) in [5.41, 5.74) is 5.62. The number of hydrazine groups is 1. The average molecular weight is 314 g/mol. The molecule has 6 heteroatoms. The second-order valence-corrected chi connectivity index (χ2v) is 4.64. The molecule has 0 spiro atoms. The van der Waals surface area contributed by atoms with E-state index in [1.54, 1.807) is 55.6 Å². The Hall–Kier alpha value is -2.86. The van der Waals surface area contributed by atoms with E-state index in [1.807, 2.05) is 6.07 Å². The Morgan fingerprint density at radius 3 is 1.96 bits per heavy atom. The zero-order valence-corrected chi connectivity index (χ0v) is 12.7. The molecule has 0 bridgehead atoms. The summed E-state index contributed by atoms with van der Waals surface area (Å²) in [6.07, 6.45) is 0.